The van der Waals surface area contributed by atoms with Crippen molar-refractivity contribution in [2.24, 2.45) is 5.92 Å². The van der Waals surface area contributed by atoms with Gasteiger partial charge < -0.3 is 10.5 Å². The third kappa shape index (κ3) is 2.08. The van der Waals surface area contributed by atoms with Gasteiger partial charge in [-0.05, 0) is 24.1 Å². The summed E-state index contributed by atoms with van der Waals surface area (Å²) in [6.07, 6.45) is 3.54. The minimum Gasteiger partial charge on any atom is -0.491 e. The summed E-state index contributed by atoms with van der Waals surface area (Å²) in [4.78, 5) is 4.06. The lowest BCUT2D eigenvalue weighted by atomic mass is 10.1. The highest BCUT2D eigenvalue weighted by Gasteiger charge is 2.05. The van der Waals surface area contributed by atoms with Crippen LogP contribution in [-0.4, -0.2) is 11.6 Å². The van der Waals surface area contributed by atoms with E-state index in [1.807, 2.05) is 18.2 Å². The van der Waals surface area contributed by atoms with Crippen molar-refractivity contribution in [2.45, 2.75) is 13.8 Å². The van der Waals surface area contributed by atoms with E-state index < -0.39 is 0 Å². The lowest BCUT2D eigenvalue weighted by Crippen LogP contribution is -2.06. The average molecular weight is 216 g/mol. The van der Waals surface area contributed by atoms with Crippen molar-refractivity contribution in [3.63, 3.8) is 0 Å². The second-order valence-electron chi connectivity index (χ2n) is 4.28. The molecule has 0 fully saturated rings. The quantitative estimate of drug-likeness (QED) is 0.802. The Morgan fingerprint density at radius 3 is 2.88 bits per heavy atom. The molecule has 0 saturated carbocycles. The van der Waals surface area contributed by atoms with Crippen LogP contribution in [0.5, 0.6) is 5.75 Å². The smallest absolute Gasteiger partial charge is 0.142 e. The minimum atomic E-state index is 0.493. The summed E-state index contributed by atoms with van der Waals surface area (Å²) in [5.74, 6) is 1.25. The third-order valence-electron chi connectivity index (χ3n) is 2.39. The summed E-state index contributed by atoms with van der Waals surface area (Å²) in [5.41, 5.74) is 6.75. The minimum absolute atomic E-state index is 0.493. The first-order valence-corrected chi connectivity index (χ1v) is 5.43. The molecule has 16 heavy (non-hydrogen) atoms. The molecule has 0 saturated heterocycles. The SMILES string of the molecule is CC(C)COc1ccc2cnccc2c1N. The molecule has 84 valence electrons. The van der Waals surface area contributed by atoms with Gasteiger partial charge in [-0.3, -0.25) is 4.98 Å². The Kier molecular flexibility index (Phi) is 2.95. The summed E-state index contributed by atoms with van der Waals surface area (Å²) in [6, 6.07) is 5.79. The number of fused-ring (bicyclic) bond motifs is 1. The highest BCUT2D eigenvalue weighted by atomic mass is 16.5. The molecule has 0 unspecified atom stereocenters. The number of benzene rings is 1. The Bertz CT molecular complexity index is 494. The zero-order valence-corrected chi connectivity index (χ0v) is 9.60. The van der Waals surface area contributed by atoms with Gasteiger partial charge >= 0.3 is 0 Å². The van der Waals surface area contributed by atoms with E-state index in [9.17, 15) is 0 Å². The maximum Gasteiger partial charge on any atom is 0.142 e. The Balaban J connectivity index is 2.37. The van der Waals surface area contributed by atoms with Crippen LogP contribution >= 0.6 is 0 Å². The van der Waals surface area contributed by atoms with Gasteiger partial charge in [-0.1, -0.05) is 13.8 Å². The van der Waals surface area contributed by atoms with Crippen LogP contribution in [0.3, 0.4) is 0 Å². The van der Waals surface area contributed by atoms with Gasteiger partial charge in [0.05, 0.1) is 12.3 Å². The number of nitrogen functional groups attached to an aromatic ring is 1. The van der Waals surface area contributed by atoms with Crippen molar-refractivity contribution in [2.75, 3.05) is 12.3 Å². The number of nitrogens with two attached hydrogens (primary N) is 1. The average Bonchev–Trinajstić information content (AvgIpc) is 2.28. The first-order valence-electron chi connectivity index (χ1n) is 5.43. The number of ether oxygens (including phenoxy) is 1. The number of pyridine rings is 1. The van der Waals surface area contributed by atoms with Crippen LogP contribution < -0.4 is 10.5 Å². The molecule has 0 atom stereocenters. The third-order valence-corrected chi connectivity index (χ3v) is 2.39. The van der Waals surface area contributed by atoms with Gasteiger partial charge in [0, 0.05) is 23.2 Å². The van der Waals surface area contributed by atoms with Crippen molar-refractivity contribution in [3.8, 4) is 5.75 Å². The van der Waals surface area contributed by atoms with E-state index in [1.165, 1.54) is 0 Å². The largest absolute Gasteiger partial charge is 0.491 e. The zero-order valence-electron chi connectivity index (χ0n) is 9.60. The molecule has 2 rings (SSSR count). The number of hydrogen-bond donors (Lipinski definition) is 1. The molecule has 1 aromatic carbocycles. The molecule has 2 aromatic rings. The van der Waals surface area contributed by atoms with Gasteiger partial charge in [-0.15, -0.1) is 0 Å². The topological polar surface area (TPSA) is 48.1 Å². The predicted octanol–water partition coefficient (Wildman–Crippen LogP) is 2.85. The van der Waals surface area contributed by atoms with Crippen LogP contribution in [0.25, 0.3) is 10.8 Å². The second kappa shape index (κ2) is 4.39. The lowest BCUT2D eigenvalue weighted by molar-refractivity contribution is 0.272. The molecular formula is C13H16N2O. The van der Waals surface area contributed by atoms with E-state index in [0.29, 0.717) is 18.2 Å². The molecule has 0 amide bonds. The molecular weight excluding hydrogens is 200 g/mol. The van der Waals surface area contributed by atoms with Crippen molar-refractivity contribution in [1.82, 2.24) is 4.98 Å². The highest BCUT2D eigenvalue weighted by Crippen LogP contribution is 2.30. The molecule has 3 nitrogen and oxygen atoms in total. The van der Waals surface area contributed by atoms with Crippen LogP contribution in [0, 0.1) is 5.92 Å². The van der Waals surface area contributed by atoms with Gasteiger partial charge in [-0.2, -0.15) is 0 Å². The van der Waals surface area contributed by atoms with E-state index in [0.717, 1.165) is 16.5 Å². The van der Waals surface area contributed by atoms with Crippen LogP contribution in [0.4, 0.5) is 5.69 Å². The van der Waals surface area contributed by atoms with Gasteiger partial charge in [0.1, 0.15) is 5.75 Å². The molecule has 0 spiro atoms. The Morgan fingerprint density at radius 1 is 1.31 bits per heavy atom. The van der Waals surface area contributed by atoms with Crippen LogP contribution in [0.1, 0.15) is 13.8 Å². The van der Waals surface area contributed by atoms with E-state index >= 15 is 0 Å². The fraction of sp³-hybridized carbons (Fsp3) is 0.308. The second-order valence-corrected chi connectivity index (χ2v) is 4.28. The Morgan fingerprint density at radius 2 is 2.12 bits per heavy atom. The molecule has 0 aliphatic heterocycles. The molecule has 0 bridgehead atoms. The standard InChI is InChI=1S/C13H16N2O/c1-9(2)8-16-12-4-3-10-7-15-6-5-11(10)13(12)14/h3-7,9H,8,14H2,1-2H3. The van der Waals surface area contributed by atoms with E-state index in [2.05, 4.69) is 18.8 Å². The maximum absolute atomic E-state index is 6.05. The molecule has 0 aliphatic rings. The molecule has 0 aliphatic carbocycles. The van der Waals surface area contributed by atoms with Gasteiger partial charge in [0.2, 0.25) is 0 Å². The molecule has 0 radical (unpaired) electrons. The van der Waals surface area contributed by atoms with Crippen molar-refractivity contribution in [1.29, 1.82) is 0 Å². The number of rotatable bonds is 3. The molecule has 2 N–H and O–H groups in total. The van der Waals surface area contributed by atoms with Crippen molar-refractivity contribution >= 4 is 16.5 Å². The van der Waals surface area contributed by atoms with E-state index in [-0.39, 0.29) is 0 Å². The summed E-state index contributed by atoms with van der Waals surface area (Å²) < 4.78 is 5.66. The summed E-state index contributed by atoms with van der Waals surface area (Å²) in [7, 11) is 0. The normalized spacial score (nSPS) is 10.9. The van der Waals surface area contributed by atoms with Gasteiger partial charge in [-0.25, -0.2) is 0 Å². The molecule has 3 heteroatoms. The zero-order chi connectivity index (χ0) is 11.5. The van der Waals surface area contributed by atoms with E-state index in [1.54, 1.807) is 12.4 Å². The fourth-order valence-electron chi connectivity index (χ4n) is 1.56. The lowest BCUT2D eigenvalue weighted by Gasteiger charge is -2.12. The molecule has 1 heterocycles. The summed E-state index contributed by atoms with van der Waals surface area (Å²) in [5, 5.41) is 2.04. The summed E-state index contributed by atoms with van der Waals surface area (Å²) >= 11 is 0. The Labute approximate surface area is 95.2 Å². The van der Waals surface area contributed by atoms with E-state index in [4.69, 9.17) is 10.5 Å². The first-order chi connectivity index (χ1) is 7.68. The Hall–Kier alpha value is -1.77. The first kappa shape index (κ1) is 10.7. The number of aromatic nitrogens is 1. The highest BCUT2D eigenvalue weighted by molar-refractivity contribution is 5.95. The van der Waals surface area contributed by atoms with Gasteiger partial charge in [0.15, 0.2) is 0 Å². The molecule has 1 aromatic heterocycles. The predicted molar refractivity (Wildman–Crippen MR) is 66.5 cm³/mol. The maximum atomic E-state index is 6.05. The van der Waals surface area contributed by atoms with Crippen molar-refractivity contribution in [3.05, 3.63) is 30.6 Å². The van der Waals surface area contributed by atoms with Crippen LogP contribution in [0.15, 0.2) is 30.6 Å². The summed E-state index contributed by atoms with van der Waals surface area (Å²) in [6.45, 7) is 4.91. The van der Waals surface area contributed by atoms with Crippen molar-refractivity contribution < 1.29 is 4.74 Å². The number of anilines is 1. The number of hydrogen-bond acceptors (Lipinski definition) is 3. The van der Waals surface area contributed by atoms with Crippen LogP contribution in [0.2, 0.25) is 0 Å². The fourth-order valence-corrected chi connectivity index (χ4v) is 1.56. The number of nitrogens with zero attached hydrogens (tertiary/aromatic N) is 1. The van der Waals surface area contributed by atoms with Gasteiger partial charge in [0.25, 0.3) is 0 Å². The monoisotopic (exact) mass is 216 g/mol. The van der Waals surface area contributed by atoms with Crippen LogP contribution in [-0.2, 0) is 0 Å².